The molecule has 8 heteroatoms. The summed E-state index contributed by atoms with van der Waals surface area (Å²) in [4.78, 5) is 32.4. The number of carbonyl (C=O) groups excluding carboxylic acids is 2. The van der Waals surface area contributed by atoms with Crippen LogP contribution in [0.1, 0.15) is 38.4 Å². The molecule has 30 heavy (non-hydrogen) atoms. The smallest absolute Gasteiger partial charge is 0.243 e. The Bertz CT molecular complexity index is 904. The summed E-state index contributed by atoms with van der Waals surface area (Å²) in [7, 11) is 0. The summed E-state index contributed by atoms with van der Waals surface area (Å²) in [5.74, 6) is -0.577. The van der Waals surface area contributed by atoms with Crippen LogP contribution in [0.5, 0.6) is 0 Å². The maximum Gasteiger partial charge on any atom is 0.243 e. The average Bonchev–Trinajstić information content (AvgIpc) is 3.30. The number of likely N-dealkylation sites (tertiary alicyclic amines) is 1. The maximum atomic E-state index is 12.8. The summed E-state index contributed by atoms with van der Waals surface area (Å²) < 4.78 is 0. The van der Waals surface area contributed by atoms with Gasteiger partial charge in [0.1, 0.15) is 6.04 Å². The van der Waals surface area contributed by atoms with Crippen molar-refractivity contribution in [2.75, 3.05) is 6.54 Å². The number of rotatable bonds is 5. The zero-order chi connectivity index (χ0) is 22.1. The standard InChI is InChI=1S/C22H30N4O3S/c1-13-18(30-12-25-13)15-7-5-14(6-8-15)10-24-20(28)17-9-16(27)11-26(17)21(29)19(23)22(2,3)4/h5-8,12,16-17,19,27H,9-11,23H2,1-4H3,(H,24,28)/t16-,17?,19+/m1/s1. The molecule has 1 saturated heterocycles. The van der Waals surface area contributed by atoms with Crippen LogP contribution in [-0.4, -0.2) is 51.5 Å². The molecular weight excluding hydrogens is 400 g/mol. The lowest BCUT2D eigenvalue weighted by atomic mass is 9.86. The molecular formula is C22H30N4O3S. The van der Waals surface area contributed by atoms with Gasteiger partial charge in [-0.05, 0) is 23.5 Å². The molecule has 0 aliphatic carbocycles. The molecule has 7 nitrogen and oxygen atoms in total. The number of aliphatic hydroxyl groups excluding tert-OH is 1. The van der Waals surface area contributed by atoms with Gasteiger partial charge in [-0.25, -0.2) is 4.98 Å². The average molecular weight is 431 g/mol. The number of β-amino-alcohol motifs (C(OH)–C–C–N with tert-alkyl or cyclic N) is 1. The van der Waals surface area contributed by atoms with Crippen molar-refractivity contribution >= 4 is 23.2 Å². The van der Waals surface area contributed by atoms with E-state index in [1.54, 1.807) is 11.3 Å². The van der Waals surface area contributed by atoms with Crippen LogP contribution in [0.25, 0.3) is 10.4 Å². The zero-order valence-corrected chi connectivity index (χ0v) is 18.7. The Labute approximate surface area is 181 Å². The van der Waals surface area contributed by atoms with Crippen LogP contribution >= 0.6 is 11.3 Å². The molecule has 1 unspecified atom stereocenters. The van der Waals surface area contributed by atoms with E-state index in [1.807, 2.05) is 57.5 Å². The van der Waals surface area contributed by atoms with Crippen molar-refractivity contribution in [2.45, 2.75) is 58.8 Å². The van der Waals surface area contributed by atoms with Crippen LogP contribution in [0.4, 0.5) is 0 Å². The van der Waals surface area contributed by atoms with Crippen molar-refractivity contribution in [2.24, 2.45) is 11.1 Å². The second kappa shape index (κ2) is 8.83. The van der Waals surface area contributed by atoms with E-state index in [0.717, 1.165) is 21.7 Å². The number of nitrogens with zero attached hydrogens (tertiary/aromatic N) is 2. The number of carbonyl (C=O) groups is 2. The Balaban J connectivity index is 1.63. The molecule has 1 aliphatic heterocycles. The Hall–Kier alpha value is -2.29. The minimum atomic E-state index is -0.735. The largest absolute Gasteiger partial charge is 0.391 e. The lowest BCUT2D eigenvalue weighted by Crippen LogP contribution is -2.54. The molecule has 1 fully saturated rings. The fourth-order valence-electron chi connectivity index (χ4n) is 3.51. The molecule has 162 valence electrons. The van der Waals surface area contributed by atoms with Gasteiger partial charge in [0, 0.05) is 19.5 Å². The van der Waals surface area contributed by atoms with Crippen molar-refractivity contribution < 1.29 is 14.7 Å². The molecule has 0 saturated carbocycles. The van der Waals surface area contributed by atoms with E-state index in [2.05, 4.69) is 10.3 Å². The quantitative estimate of drug-likeness (QED) is 0.673. The predicted molar refractivity (Wildman–Crippen MR) is 118 cm³/mol. The molecule has 0 spiro atoms. The summed E-state index contributed by atoms with van der Waals surface area (Å²) in [6, 6.07) is 6.52. The number of aliphatic hydroxyl groups is 1. The van der Waals surface area contributed by atoms with Crippen LogP contribution in [-0.2, 0) is 16.1 Å². The SMILES string of the molecule is Cc1ncsc1-c1ccc(CNC(=O)C2C[C@@H](O)CN2C(=O)[C@H](N)C(C)(C)C)cc1. The Morgan fingerprint density at radius 3 is 2.57 bits per heavy atom. The maximum absolute atomic E-state index is 12.8. The lowest BCUT2D eigenvalue weighted by Gasteiger charge is -2.32. The third-order valence-corrected chi connectivity index (χ3v) is 6.47. The molecule has 1 aromatic carbocycles. The van der Waals surface area contributed by atoms with Gasteiger partial charge in [-0.1, -0.05) is 45.0 Å². The molecule has 0 radical (unpaired) electrons. The van der Waals surface area contributed by atoms with Gasteiger partial charge in [0.2, 0.25) is 11.8 Å². The van der Waals surface area contributed by atoms with Crippen LogP contribution in [0.2, 0.25) is 0 Å². The molecule has 2 aromatic rings. The van der Waals surface area contributed by atoms with Crippen molar-refractivity contribution in [3.8, 4) is 10.4 Å². The van der Waals surface area contributed by atoms with Gasteiger partial charge in [-0.2, -0.15) is 0 Å². The summed E-state index contributed by atoms with van der Waals surface area (Å²) in [5.41, 5.74) is 10.6. The van der Waals surface area contributed by atoms with E-state index < -0.39 is 23.6 Å². The minimum absolute atomic E-state index is 0.129. The van der Waals surface area contributed by atoms with E-state index in [0.29, 0.717) is 6.54 Å². The van der Waals surface area contributed by atoms with Crippen molar-refractivity contribution in [1.82, 2.24) is 15.2 Å². The number of hydrogen-bond donors (Lipinski definition) is 3. The first-order valence-corrected chi connectivity index (χ1v) is 11.0. The fourth-order valence-corrected chi connectivity index (χ4v) is 4.33. The topological polar surface area (TPSA) is 109 Å². The van der Waals surface area contributed by atoms with Crippen LogP contribution in [0.3, 0.4) is 0 Å². The number of hydrogen-bond acceptors (Lipinski definition) is 6. The molecule has 0 bridgehead atoms. The third kappa shape index (κ3) is 4.88. The number of thiazole rings is 1. The normalized spacial score (nSPS) is 20.3. The number of benzene rings is 1. The fraction of sp³-hybridized carbons (Fsp3) is 0.500. The van der Waals surface area contributed by atoms with E-state index >= 15 is 0 Å². The second-order valence-electron chi connectivity index (χ2n) is 8.92. The minimum Gasteiger partial charge on any atom is -0.391 e. The Kier molecular flexibility index (Phi) is 6.59. The van der Waals surface area contributed by atoms with E-state index in [4.69, 9.17) is 5.73 Å². The molecule has 3 atom stereocenters. The summed E-state index contributed by atoms with van der Waals surface area (Å²) >= 11 is 1.60. The van der Waals surface area contributed by atoms with Gasteiger partial charge in [0.05, 0.1) is 28.2 Å². The van der Waals surface area contributed by atoms with E-state index in [1.165, 1.54) is 4.90 Å². The van der Waals surface area contributed by atoms with Gasteiger partial charge in [-0.15, -0.1) is 11.3 Å². The molecule has 1 aromatic heterocycles. The number of aryl methyl sites for hydroxylation is 1. The van der Waals surface area contributed by atoms with Gasteiger partial charge in [0.25, 0.3) is 0 Å². The monoisotopic (exact) mass is 430 g/mol. The van der Waals surface area contributed by atoms with Crippen LogP contribution < -0.4 is 11.1 Å². The van der Waals surface area contributed by atoms with E-state index in [9.17, 15) is 14.7 Å². The van der Waals surface area contributed by atoms with Gasteiger partial charge in [0.15, 0.2) is 0 Å². The predicted octanol–water partition coefficient (Wildman–Crippen LogP) is 2.07. The molecule has 4 N–H and O–H groups in total. The van der Waals surface area contributed by atoms with Crippen molar-refractivity contribution in [3.63, 3.8) is 0 Å². The van der Waals surface area contributed by atoms with Crippen molar-refractivity contribution in [1.29, 1.82) is 0 Å². The summed E-state index contributed by atoms with van der Waals surface area (Å²) in [6.45, 7) is 8.11. The highest BCUT2D eigenvalue weighted by Gasteiger charge is 2.42. The van der Waals surface area contributed by atoms with Crippen LogP contribution in [0, 0.1) is 12.3 Å². The highest BCUT2D eigenvalue weighted by Crippen LogP contribution is 2.27. The number of nitrogens with one attached hydrogen (secondary N) is 1. The Morgan fingerprint density at radius 1 is 1.33 bits per heavy atom. The molecule has 2 heterocycles. The van der Waals surface area contributed by atoms with E-state index in [-0.39, 0.29) is 24.8 Å². The van der Waals surface area contributed by atoms with Gasteiger partial charge >= 0.3 is 0 Å². The summed E-state index contributed by atoms with van der Waals surface area (Å²) in [5, 5.41) is 13.0. The highest BCUT2D eigenvalue weighted by atomic mass is 32.1. The molecule has 2 amide bonds. The number of nitrogens with two attached hydrogens (primary N) is 1. The third-order valence-electron chi connectivity index (χ3n) is 5.49. The molecule has 1 aliphatic rings. The summed E-state index contributed by atoms with van der Waals surface area (Å²) in [6.07, 6.45) is -0.503. The number of aromatic nitrogens is 1. The zero-order valence-electron chi connectivity index (χ0n) is 17.9. The highest BCUT2D eigenvalue weighted by molar-refractivity contribution is 7.13. The van der Waals surface area contributed by atoms with Crippen molar-refractivity contribution in [3.05, 3.63) is 41.0 Å². The van der Waals surface area contributed by atoms with Crippen LogP contribution in [0.15, 0.2) is 29.8 Å². The molecule has 3 rings (SSSR count). The van der Waals surface area contributed by atoms with Gasteiger partial charge < -0.3 is 21.1 Å². The number of amides is 2. The second-order valence-corrected chi connectivity index (χ2v) is 9.78. The lowest BCUT2D eigenvalue weighted by molar-refractivity contribution is -0.141. The first kappa shape index (κ1) is 22.4. The van der Waals surface area contributed by atoms with Gasteiger partial charge in [-0.3, -0.25) is 9.59 Å². The Morgan fingerprint density at radius 2 is 2.00 bits per heavy atom. The first-order chi connectivity index (χ1) is 14.1. The first-order valence-electron chi connectivity index (χ1n) is 10.1.